The second-order valence-corrected chi connectivity index (χ2v) is 9.08. The lowest BCUT2D eigenvalue weighted by Crippen LogP contribution is -2.43. The van der Waals surface area contributed by atoms with Gasteiger partial charge in [-0.25, -0.2) is 13.1 Å². The Bertz CT molecular complexity index is 1360. The predicted octanol–water partition coefficient (Wildman–Crippen LogP) is 1.75. The molecular weight excluding hydrogens is 462 g/mol. The van der Waals surface area contributed by atoms with Crippen molar-refractivity contribution in [2.75, 3.05) is 13.2 Å². The number of nitrogens with one attached hydrogen (secondary N) is 1. The number of hydrogen-bond acceptors (Lipinski definition) is 8. The SMILES string of the molecule is CC(=O)NS(=O)(=O)c1ccc(-c2ccc(C=C3C(=O)N(CCCO)C(=O)C(C#N)=C3C)o2)cc1. The summed E-state index contributed by atoms with van der Waals surface area (Å²) in [5.41, 5.74) is 0.729. The van der Waals surface area contributed by atoms with E-state index in [9.17, 15) is 28.1 Å². The fourth-order valence-corrected chi connectivity index (χ4v) is 4.33. The quantitative estimate of drug-likeness (QED) is 0.445. The Labute approximate surface area is 195 Å². The molecular formula is C23H21N3O7S. The van der Waals surface area contributed by atoms with Crippen molar-refractivity contribution in [1.82, 2.24) is 9.62 Å². The largest absolute Gasteiger partial charge is 0.457 e. The number of aliphatic hydroxyl groups is 1. The Balaban J connectivity index is 1.92. The number of furan rings is 1. The molecule has 0 atom stereocenters. The van der Waals surface area contributed by atoms with Gasteiger partial charge in [-0.3, -0.25) is 19.3 Å². The lowest BCUT2D eigenvalue weighted by atomic mass is 9.94. The number of benzene rings is 1. The first-order valence-corrected chi connectivity index (χ1v) is 11.6. The van der Waals surface area contributed by atoms with Crippen LogP contribution >= 0.6 is 0 Å². The molecule has 0 radical (unpaired) electrons. The Hall–Kier alpha value is -4.01. The van der Waals surface area contributed by atoms with Crippen molar-refractivity contribution in [2.45, 2.75) is 25.2 Å². The zero-order valence-electron chi connectivity index (χ0n) is 18.4. The highest BCUT2D eigenvalue weighted by atomic mass is 32.2. The molecule has 0 saturated heterocycles. The highest BCUT2D eigenvalue weighted by Gasteiger charge is 2.35. The van der Waals surface area contributed by atoms with Gasteiger partial charge in [-0.2, -0.15) is 5.26 Å². The molecule has 10 nitrogen and oxygen atoms in total. The monoisotopic (exact) mass is 483 g/mol. The van der Waals surface area contributed by atoms with Gasteiger partial charge in [0, 0.05) is 31.2 Å². The third-order valence-corrected chi connectivity index (χ3v) is 6.45. The average molecular weight is 484 g/mol. The molecule has 1 aliphatic rings. The number of aliphatic hydroxyl groups excluding tert-OH is 1. The average Bonchev–Trinajstić information content (AvgIpc) is 3.25. The van der Waals surface area contributed by atoms with Gasteiger partial charge in [0.05, 0.1) is 4.90 Å². The molecule has 1 aromatic heterocycles. The summed E-state index contributed by atoms with van der Waals surface area (Å²) in [6.45, 7) is 2.36. The number of carbonyl (C=O) groups is 3. The summed E-state index contributed by atoms with van der Waals surface area (Å²) in [6, 6.07) is 10.7. The Morgan fingerprint density at radius 3 is 2.44 bits per heavy atom. The van der Waals surface area contributed by atoms with E-state index < -0.39 is 27.7 Å². The molecule has 0 aliphatic carbocycles. The number of carbonyl (C=O) groups excluding carboxylic acids is 3. The van der Waals surface area contributed by atoms with E-state index in [1.165, 1.54) is 37.3 Å². The van der Waals surface area contributed by atoms with Crippen LogP contribution in [0.2, 0.25) is 0 Å². The van der Waals surface area contributed by atoms with E-state index in [0.29, 0.717) is 11.3 Å². The Kier molecular flexibility index (Phi) is 7.14. The number of sulfonamides is 1. The molecule has 1 aromatic carbocycles. The van der Waals surface area contributed by atoms with Crippen LogP contribution < -0.4 is 4.72 Å². The van der Waals surface area contributed by atoms with E-state index in [-0.39, 0.29) is 46.9 Å². The maximum absolute atomic E-state index is 12.9. The zero-order chi connectivity index (χ0) is 25.0. The second-order valence-electron chi connectivity index (χ2n) is 7.40. The normalized spacial score (nSPS) is 15.6. The minimum absolute atomic E-state index is 0.0267. The van der Waals surface area contributed by atoms with E-state index >= 15 is 0 Å². The van der Waals surface area contributed by atoms with E-state index in [4.69, 9.17) is 9.52 Å². The van der Waals surface area contributed by atoms with Gasteiger partial charge < -0.3 is 9.52 Å². The van der Waals surface area contributed by atoms with Gasteiger partial charge in [-0.15, -0.1) is 0 Å². The van der Waals surface area contributed by atoms with E-state index in [2.05, 4.69) is 0 Å². The number of imide groups is 1. The first-order valence-electron chi connectivity index (χ1n) is 10.1. The summed E-state index contributed by atoms with van der Waals surface area (Å²) in [7, 11) is -3.97. The van der Waals surface area contributed by atoms with Gasteiger partial charge >= 0.3 is 0 Å². The molecule has 0 unspecified atom stereocenters. The van der Waals surface area contributed by atoms with Crippen LogP contribution in [0, 0.1) is 11.3 Å². The molecule has 0 saturated carbocycles. The lowest BCUT2D eigenvalue weighted by Gasteiger charge is -2.27. The maximum atomic E-state index is 12.9. The van der Waals surface area contributed by atoms with Crippen LogP contribution in [0.15, 0.2) is 62.4 Å². The van der Waals surface area contributed by atoms with Crippen molar-refractivity contribution >= 4 is 33.8 Å². The van der Waals surface area contributed by atoms with E-state index in [1.54, 1.807) is 12.1 Å². The molecule has 1 aliphatic heterocycles. The van der Waals surface area contributed by atoms with Crippen molar-refractivity contribution in [1.29, 1.82) is 5.26 Å². The van der Waals surface area contributed by atoms with Crippen molar-refractivity contribution in [3.63, 3.8) is 0 Å². The predicted molar refractivity (Wildman–Crippen MR) is 120 cm³/mol. The van der Waals surface area contributed by atoms with Gasteiger partial charge in [0.2, 0.25) is 5.91 Å². The van der Waals surface area contributed by atoms with Gasteiger partial charge in [-0.1, -0.05) is 0 Å². The van der Waals surface area contributed by atoms with Crippen molar-refractivity contribution in [2.24, 2.45) is 0 Å². The van der Waals surface area contributed by atoms with Crippen molar-refractivity contribution < 1.29 is 32.3 Å². The Morgan fingerprint density at radius 2 is 1.85 bits per heavy atom. The molecule has 0 spiro atoms. The molecule has 2 N–H and O–H groups in total. The van der Waals surface area contributed by atoms with Crippen LogP contribution in [0.5, 0.6) is 0 Å². The molecule has 0 bridgehead atoms. The van der Waals surface area contributed by atoms with E-state index in [1.807, 2.05) is 10.8 Å². The number of nitriles is 1. The molecule has 34 heavy (non-hydrogen) atoms. The first-order chi connectivity index (χ1) is 16.1. The van der Waals surface area contributed by atoms with Gasteiger partial charge in [0.1, 0.15) is 23.2 Å². The fraction of sp³-hybridized carbons (Fsp3) is 0.217. The second kappa shape index (κ2) is 9.86. The van der Waals surface area contributed by atoms with Crippen molar-refractivity contribution in [3.05, 3.63) is 58.9 Å². The summed E-state index contributed by atoms with van der Waals surface area (Å²) < 4.78 is 31.8. The smallest absolute Gasteiger partial charge is 0.271 e. The molecule has 2 aromatic rings. The summed E-state index contributed by atoms with van der Waals surface area (Å²) in [5, 5.41) is 18.4. The van der Waals surface area contributed by atoms with Crippen LogP contribution in [0.25, 0.3) is 17.4 Å². The van der Waals surface area contributed by atoms with Gasteiger partial charge in [-0.05, 0) is 61.4 Å². The summed E-state index contributed by atoms with van der Waals surface area (Å²) in [4.78, 5) is 37.2. The van der Waals surface area contributed by atoms with Crippen LogP contribution in [0.1, 0.15) is 26.0 Å². The molecule has 2 heterocycles. The molecule has 11 heteroatoms. The molecule has 176 valence electrons. The van der Waals surface area contributed by atoms with Crippen LogP contribution in [-0.2, 0) is 24.4 Å². The fourth-order valence-electron chi connectivity index (χ4n) is 3.34. The number of nitrogens with zero attached hydrogens (tertiary/aromatic N) is 2. The minimum Gasteiger partial charge on any atom is -0.457 e. The van der Waals surface area contributed by atoms with Crippen LogP contribution in [-0.4, -0.2) is 49.3 Å². The maximum Gasteiger partial charge on any atom is 0.271 e. The van der Waals surface area contributed by atoms with Gasteiger partial charge in [0.15, 0.2) is 0 Å². The first kappa shape index (κ1) is 24.6. The standard InChI is InChI=1S/C23H21N3O7S/c1-14-19(22(29)26(10-3-11-27)23(30)20(14)13-24)12-17-6-9-21(33-17)16-4-7-18(8-5-16)34(31,32)25-15(2)28/h4-9,12,27H,3,10-11H2,1-2H3,(H,25,28). The number of hydrogen-bond donors (Lipinski definition) is 2. The highest BCUT2D eigenvalue weighted by molar-refractivity contribution is 7.90. The number of amides is 3. The molecule has 3 rings (SSSR count). The van der Waals surface area contributed by atoms with Crippen LogP contribution in [0.3, 0.4) is 0 Å². The zero-order valence-corrected chi connectivity index (χ0v) is 19.2. The topological polar surface area (TPSA) is 158 Å². The van der Waals surface area contributed by atoms with Crippen LogP contribution in [0.4, 0.5) is 0 Å². The summed E-state index contributed by atoms with van der Waals surface area (Å²) >= 11 is 0. The van der Waals surface area contributed by atoms with Crippen molar-refractivity contribution in [3.8, 4) is 17.4 Å². The van der Waals surface area contributed by atoms with E-state index in [0.717, 1.165) is 11.8 Å². The summed E-state index contributed by atoms with van der Waals surface area (Å²) in [6.07, 6.45) is 1.60. The minimum atomic E-state index is -3.97. The summed E-state index contributed by atoms with van der Waals surface area (Å²) in [5.74, 6) is -1.34. The lowest BCUT2D eigenvalue weighted by molar-refractivity contribution is -0.140. The molecule has 3 amide bonds. The number of rotatable bonds is 7. The molecule has 0 fully saturated rings. The van der Waals surface area contributed by atoms with Gasteiger partial charge in [0.25, 0.3) is 21.8 Å². The highest BCUT2D eigenvalue weighted by Crippen LogP contribution is 2.29. The Morgan fingerprint density at radius 1 is 1.18 bits per heavy atom. The third-order valence-electron chi connectivity index (χ3n) is 5.01. The third kappa shape index (κ3) is 4.98.